The molecule has 0 N–H and O–H groups in total. The third-order valence-corrected chi connectivity index (χ3v) is 8.39. The third kappa shape index (κ3) is 2.76. The molecular weight excluding hydrogens is 188 g/mol. The van der Waals surface area contributed by atoms with Gasteiger partial charge in [-0.05, 0) is 18.6 Å². The highest BCUT2D eigenvalue weighted by Crippen LogP contribution is 2.38. The standard InChI is InChI=1S/C8H18O2SSi/c1-3-5-9-12(8-7-11-12)10-6-4-2/h3-8H2,1-2H3. The Bertz CT molecular complexity index is 118. The van der Waals surface area contributed by atoms with E-state index in [2.05, 4.69) is 13.8 Å². The molecule has 0 bridgehead atoms. The molecule has 0 spiro atoms. The fraction of sp³-hybridized carbons (Fsp3) is 1.00. The summed E-state index contributed by atoms with van der Waals surface area (Å²) in [5.41, 5.74) is 0. The molecule has 1 aliphatic rings. The average molecular weight is 206 g/mol. The summed E-state index contributed by atoms with van der Waals surface area (Å²) in [4.78, 5) is 0. The minimum absolute atomic E-state index is 0.878. The van der Waals surface area contributed by atoms with Gasteiger partial charge in [-0.3, -0.25) is 0 Å². The van der Waals surface area contributed by atoms with Crippen molar-refractivity contribution in [3.63, 3.8) is 0 Å². The van der Waals surface area contributed by atoms with Gasteiger partial charge in [0.2, 0.25) is 0 Å². The zero-order valence-corrected chi connectivity index (χ0v) is 9.78. The van der Waals surface area contributed by atoms with Crippen molar-refractivity contribution in [3.8, 4) is 0 Å². The van der Waals surface area contributed by atoms with Crippen molar-refractivity contribution < 1.29 is 8.85 Å². The summed E-state index contributed by atoms with van der Waals surface area (Å²) in [6.45, 7) is 6.04. The first-order valence-electron chi connectivity index (χ1n) is 4.75. The Balaban J connectivity index is 2.19. The lowest BCUT2D eigenvalue weighted by Crippen LogP contribution is -2.46. The Morgan fingerprint density at radius 2 is 1.67 bits per heavy atom. The predicted molar refractivity (Wildman–Crippen MR) is 55.5 cm³/mol. The Morgan fingerprint density at radius 1 is 1.17 bits per heavy atom. The molecule has 12 heavy (non-hydrogen) atoms. The first-order valence-corrected chi connectivity index (χ1v) is 8.48. The van der Waals surface area contributed by atoms with Gasteiger partial charge in [0.15, 0.2) is 0 Å². The van der Waals surface area contributed by atoms with Gasteiger partial charge in [-0.15, -0.1) is 11.2 Å². The van der Waals surface area contributed by atoms with E-state index in [1.54, 1.807) is 0 Å². The molecule has 1 heterocycles. The van der Waals surface area contributed by atoms with Crippen molar-refractivity contribution in [2.45, 2.75) is 32.7 Å². The molecule has 0 aliphatic carbocycles. The Morgan fingerprint density at radius 3 is 1.92 bits per heavy atom. The summed E-state index contributed by atoms with van der Waals surface area (Å²) in [6, 6.07) is 1.19. The molecule has 1 aliphatic heterocycles. The SMILES string of the molecule is CCCO[Si]1(OCCC)CCS1. The van der Waals surface area contributed by atoms with Crippen molar-refractivity contribution in [3.05, 3.63) is 0 Å². The zero-order valence-electron chi connectivity index (χ0n) is 7.97. The summed E-state index contributed by atoms with van der Waals surface area (Å²) < 4.78 is 11.6. The molecule has 0 unspecified atom stereocenters. The quantitative estimate of drug-likeness (QED) is 0.622. The topological polar surface area (TPSA) is 18.5 Å². The van der Waals surface area contributed by atoms with E-state index in [4.69, 9.17) is 8.85 Å². The molecule has 0 amide bonds. The number of hydrogen-bond donors (Lipinski definition) is 0. The van der Waals surface area contributed by atoms with Crippen LogP contribution in [0.15, 0.2) is 0 Å². The monoisotopic (exact) mass is 206 g/mol. The van der Waals surface area contributed by atoms with Crippen LogP contribution in [0.2, 0.25) is 6.04 Å². The smallest absolute Gasteiger partial charge is 0.387 e. The molecule has 0 aromatic rings. The van der Waals surface area contributed by atoms with Gasteiger partial charge >= 0.3 is 7.71 Å². The van der Waals surface area contributed by atoms with Gasteiger partial charge < -0.3 is 8.85 Å². The first kappa shape index (κ1) is 10.6. The lowest BCUT2D eigenvalue weighted by molar-refractivity contribution is 0.186. The minimum atomic E-state index is -1.67. The van der Waals surface area contributed by atoms with E-state index in [1.165, 1.54) is 11.8 Å². The molecule has 2 nitrogen and oxygen atoms in total. The van der Waals surface area contributed by atoms with Crippen LogP contribution in [-0.2, 0) is 8.85 Å². The molecule has 0 aromatic carbocycles. The van der Waals surface area contributed by atoms with Crippen molar-refractivity contribution in [2.24, 2.45) is 0 Å². The fourth-order valence-corrected chi connectivity index (χ4v) is 5.77. The molecule has 1 saturated heterocycles. The Kier molecular flexibility index (Phi) is 4.64. The minimum Gasteiger partial charge on any atom is -0.387 e. The van der Waals surface area contributed by atoms with Gasteiger partial charge in [0.1, 0.15) is 0 Å². The highest BCUT2D eigenvalue weighted by atomic mass is 32.4. The van der Waals surface area contributed by atoms with Crippen LogP contribution in [0, 0.1) is 0 Å². The van der Waals surface area contributed by atoms with E-state index in [9.17, 15) is 0 Å². The maximum atomic E-state index is 5.80. The maximum absolute atomic E-state index is 5.80. The molecule has 0 saturated carbocycles. The fourth-order valence-electron chi connectivity index (χ4n) is 1.05. The van der Waals surface area contributed by atoms with E-state index in [1.807, 2.05) is 11.2 Å². The van der Waals surface area contributed by atoms with Crippen molar-refractivity contribution >= 4 is 18.9 Å². The van der Waals surface area contributed by atoms with Crippen LogP contribution in [0.5, 0.6) is 0 Å². The van der Waals surface area contributed by atoms with Crippen LogP contribution in [0.25, 0.3) is 0 Å². The number of hydrogen-bond acceptors (Lipinski definition) is 3. The second-order valence-corrected chi connectivity index (χ2v) is 8.85. The maximum Gasteiger partial charge on any atom is 0.406 e. The first-order chi connectivity index (χ1) is 5.83. The second-order valence-electron chi connectivity index (χ2n) is 2.98. The molecule has 0 radical (unpaired) electrons. The molecular formula is C8H18O2SSi. The summed E-state index contributed by atoms with van der Waals surface area (Å²) in [5, 5.41) is 0. The van der Waals surface area contributed by atoms with Crippen molar-refractivity contribution in [2.75, 3.05) is 19.0 Å². The van der Waals surface area contributed by atoms with Crippen LogP contribution in [-0.4, -0.2) is 26.7 Å². The van der Waals surface area contributed by atoms with Gasteiger partial charge in [0.25, 0.3) is 0 Å². The second kappa shape index (κ2) is 5.27. The Hall–Kier alpha value is 0.487. The highest BCUT2D eigenvalue weighted by molar-refractivity contribution is 8.29. The third-order valence-electron chi connectivity index (χ3n) is 1.78. The largest absolute Gasteiger partial charge is 0.406 e. The van der Waals surface area contributed by atoms with E-state index in [0.29, 0.717) is 0 Å². The number of rotatable bonds is 6. The van der Waals surface area contributed by atoms with Crippen LogP contribution in [0.4, 0.5) is 0 Å². The summed E-state index contributed by atoms with van der Waals surface area (Å²) in [6.07, 6.45) is 2.20. The van der Waals surface area contributed by atoms with E-state index in [-0.39, 0.29) is 0 Å². The summed E-state index contributed by atoms with van der Waals surface area (Å²) in [7, 11) is -1.67. The molecule has 72 valence electrons. The van der Waals surface area contributed by atoms with Gasteiger partial charge in [0.05, 0.1) is 0 Å². The van der Waals surface area contributed by atoms with Crippen LogP contribution in [0.1, 0.15) is 26.7 Å². The molecule has 0 atom stereocenters. The van der Waals surface area contributed by atoms with Gasteiger partial charge in [-0.1, -0.05) is 13.8 Å². The van der Waals surface area contributed by atoms with E-state index < -0.39 is 7.71 Å². The summed E-state index contributed by atoms with van der Waals surface area (Å²) >= 11 is 1.93. The van der Waals surface area contributed by atoms with E-state index in [0.717, 1.165) is 26.1 Å². The normalized spacial score (nSPS) is 20.5. The molecule has 1 rings (SSSR count). The van der Waals surface area contributed by atoms with E-state index >= 15 is 0 Å². The van der Waals surface area contributed by atoms with Crippen LogP contribution in [0.3, 0.4) is 0 Å². The molecule has 4 heteroatoms. The zero-order chi connectivity index (χ0) is 8.86. The van der Waals surface area contributed by atoms with Crippen LogP contribution < -0.4 is 0 Å². The lowest BCUT2D eigenvalue weighted by Gasteiger charge is -2.36. The summed E-state index contributed by atoms with van der Waals surface area (Å²) in [5.74, 6) is 1.24. The average Bonchev–Trinajstić information content (AvgIpc) is 2.02. The van der Waals surface area contributed by atoms with Gasteiger partial charge in [0, 0.05) is 19.3 Å². The van der Waals surface area contributed by atoms with Gasteiger partial charge in [-0.2, -0.15) is 0 Å². The van der Waals surface area contributed by atoms with Crippen molar-refractivity contribution in [1.29, 1.82) is 0 Å². The molecule has 1 fully saturated rings. The van der Waals surface area contributed by atoms with Crippen LogP contribution >= 0.6 is 11.2 Å². The lowest BCUT2D eigenvalue weighted by atomic mass is 10.5. The van der Waals surface area contributed by atoms with Gasteiger partial charge in [-0.25, -0.2) is 0 Å². The Labute approximate surface area is 79.9 Å². The predicted octanol–water partition coefficient (Wildman–Crippen LogP) is 2.53. The molecule has 0 aromatic heterocycles. The highest BCUT2D eigenvalue weighted by Gasteiger charge is 2.45. The van der Waals surface area contributed by atoms with Crippen molar-refractivity contribution in [1.82, 2.24) is 0 Å².